The molecule has 2 heterocycles. The molecular weight excluding hydrogens is 284 g/mol. The number of fused-ring (bicyclic) bond motifs is 1. The molecule has 1 atom stereocenters. The minimum atomic E-state index is -0.0966. The number of anilines is 1. The maximum Gasteiger partial charge on any atom is 0.242 e. The van der Waals surface area contributed by atoms with Gasteiger partial charge in [0.05, 0.1) is 17.1 Å². The van der Waals surface area contributed by atoms with Crippen molar-refractivity contribution < 1.29 is 4.79 Å². The van der Waals surface area contributed by atoms with E-state index < -0.39 is 0 Å². The molecule has 0 radical (unpaired) electrons. The normalized spacial score (nSPS) is 18.6. The molecule has 3 rings (SSSR count). The third-order valence-corrected chi connectivity index (χ3v) is 4.62. The quantitative estimate of drug-likeness (QED) is 0.915. The van der Waals surface area contributed by atoms with Crippen LogP contribution in [0.5, 0.6) is 0 Å². The summed E-state index contributed by atoms with van der Waals surface area (Å²) in [5.41, 5.74) is 2.84. The molecule has 1 aromatic carbocycles. The molecule has 21 heavy (non-hydrogen) atoms. The fraction of sp³-hybridized carbons (Fsp3) is 0.467. The highest BCUT2D eigenvalue weighted by atomic mass is 32.2. The molecule has 0 saturated carbocycles. The number of nitrogens with one attached hydrogen (secondary N) is 2. The number of benzene rings is 1. The van der Waals surface area contributed by atoms with Crippen LogP contribution in [0.1, 0.15) is 25.7 Å². The summed E-state index contributed by atoms with van der Waals surface area (Å²) in [5, 5.41) is 6.14. The van der Waals surface area contributed by atoms with Gasteiger partial charge >= 0.3 is 0 Å². The molecule has 112 valence electrons. The molecule has 2 aromatic rings. The molecule has 6 heteroatoms. The smallest absolute Gasteiger partial charge is 0.242 e. The van der Waals surface area contributed by atoms with Crippen LogP contribution in [0.3, 0.4) is 0 Å². The minimum Gasteiger partial charge on any atom is -0.326 e. The summed E-state index contributed by atoms with van der Waals surface area (Å²) in [7, 11) is 0. The summed E-state index contributed by atoms with van der Waals surface area (Å²) < 4.78 is 2.20. The van der Waals surface area contributed by atoms with Gasteiger partial charge in [-0.15, -0.1) is 11.8 Å². The molecule has 0 aliphatic carbocycles. The van der Waals surface area contributed by atoms with Crippen LogP contribution in [-0.2, 0) is 4.79 Å². The Hall–Kier alpha value is -1.53. The van der Waals surface area contributed by atoms with E-state index >= 15 is 0 Å². The first-order chi connectivity index (χ1) is 10.1. The first-order valence-electron chi connectivity index (χ1n) is 7.17. The molecule has 1 aromatic heterocycles. The predicted molar refractivity (Wildman–Crippen MR) is 87.7 cm³/mol. The van der Waals surface area contributed by atoms with Crippen LogP contribution in [-0.4, -0.2) is 33.1 Å². The lowest BCUT2D eigenvalue weighted by Crippen LogP contribution is -2.37. The molecule has 2 N–H and O–H groups in total. The number of carbonyl (C=O) groups is 1. The number of amides is 1. The van der Waals surface area contributed by atoms with Gasteiger partial charge in [-0.05, 0) is 39.0 Å². The van der Waals surface area contributed by atoms with E-state index in [1.165, 1.54) is 0 Å². The van der Waals surface area contributed by atoms with E-state index in [0.717, 1.165) is 34.2 Å². The van der Waals surface area contributed by atoms with Crippen LogP contribution < -0.4 is 10.6 Å². The van der Waals surface area contributed by atoms with Gasteiger partial charge in [0.15, 0.2) is 0 Å². The van der Waals surface area contributed by atoms with Gasteiger partial charge in [0.2, 0.25) is 5.91 Å². The Morgan fingerprint density at radius 1 is 1.52 bits per heavy atom. The van der Waals surface area contributed by atoms with Gasteiger partial charge in [-0.2, -0.15) is 0 Å². The van der Waals surface area contributed by atoms with Crippen molar-refractivity contribution in [2.24, 2.45) is 0 Å². The fourth-order valence-electron chi connectivity index (χ4n) is 2.74. The zero-order valence-electron chi connectivity index (χ0n) is 12.5. The van der Waals surface area contributed by atoms with E-state index in [-0.39, 0.29) is 11.9 Å². The average Bonchev–Trinajstić information content (AvgIpc) is 3.04. The second-order valence-corrected chi connectivity index (χ2v) is 6.62. The number of hydrogen-bond donors (Lipinski definition) is 2. The first-order valence-corrected chi connectivity index (χ1v) is 8.32. The molecule has 1 amide bonds. The van der Waals surface area contributed by atoms with E-state index in [1.807, 2.05) is 25.1 Å². The molecule has 1 aliphatic heterocycles. The number of hydrogen-bond acceptors (Lipinski definition) is 4. The third kappa shape index (κ3) is 2.78. The minimum absolute atomic E-state index is 0.0272. The fourth-order valence-corrected chi connectivity index (χ4v) is 3.68. The first kappa shape index (κ1) is 14.4. The molecule has 1 saturated heterocycles. The summed E-state index contributed by atoms with van der Waals surface area (Å²) in [6.45, 7) is 6.30. The number of aryl methyl sites for hydroxylation is 1. The number of nitrogens with zero attached hydrogens (tertiary/aromatic N) is 2. The molecule has 5 nitrogen and oxygen atoms in total. The summed E-state index contributed by atoms with van der Waals surface area (Å²) in [5.74, 6) is 2.70. The lowest BCUT2D eigenvalue weighted by molar-refractivity contribution is -0.117. The Labute approximate surface area is 128 Å². The van der Waals surface area contributed by atoms with Crippen LogP contribution >= 0.6 is 11.8 Å². The number of carbonyl (C=O) groups excluding carboxylic acids is 1. The maximum atomic E-state index is 12.1. The maximum absolute atomic E-state index is 12.1. The van der Waals surface area contributed by atoms with E-state index in [2.05, 4.69) is 34.0 Å². The van der Waals surface area contributed by atoms with Crippen LogP contribution in [0.15, 0.2) is 18.2 Å². The van der Waals surface area contributed by atoms with Crippen LogP contribution in [0.25, 0.3) is 11.0 Å². The largest absolute Gasteiger partial charge is 0.326 e. The van der Waals surface area contributed by atoms with Gasteiger partial charge in [0, 0.05) is 23.4 Å². The monoisotopic (exact) mass is 304 g/mol. The summed E-state index contributed by atoms with van der Waals surface area (Å²) >= 11 is 1.74. The molecule has 1 fully saturated rings. The topological polar surface area (TPSA) is 59.0 Å². The average molecular weight is 304 g/mol. The third-order valence-electron chi connectivity index (χ3n) is 3.68. The Bertz CT molecular complexity index is 674. The lowest BCUT2D eigenvalue weighted by Gasteiger charge is -2.12. The number of aromatic nitrogens is 2. The summed E-state index contributed by atoms with van der Waals surface area (Å²) in [6.07, 6.45) is 0. The van der Waals surface area contributed by atoms with Gasteiger partial charge in [-0.25, -0.2) is 4.98 Å². The van der Waals surface area contributed by atoms with Crippen molar-refractivity contribution in [1.29, 1.82) is 0 Å². The van der Waals surface area contributed by atoms with Crippen molar-refractivity contribution in [3.63, 3.8) is 0 Å². The van der Waals surface area contributed by atoms with E-state index in [1.54, 1.807) is 11.8 Å². The van der Waals surface area contributed by atoms with Gasteiger partial charge < -0.3 is 9.88 Å². The van der Waals surface area contributed by atoms with Crippen molar-refractivity contribution in [3.8, 4) is 0 Å². The van der Waals surface area contributed by atoms with Gasteiger partial charge in [0.25, 0.3) is 0 Å². The molecule has 1 unspecified atom stereocenters. The Balaban J connectivity index is 1.86. The second kappa shape index (κ2) is 5.69. The number of imidazole rings is 1. The zero-order chi connectivity index (χ0) is 15.0. The highest BCUT2D eigenvalue weighted by molar-refractivity contribution is 7.99. The van der Waals surface area contributed by atoms with Crippen molar-refractivity contribution in [2.75, 3.05) is 16.9 Å². The number of thioether (sulfide) groups is 1. The van der Waals surface area contributed by atoms with Crippen LogP contribution in [0.4, 0.5) is 5.69 Å². The second-order valence-electron chi connectivity index (χ2n) is 5.59. The van der Waals surface area contributed by atoms with Gasteiger partial charge in [-0.1, -0.05) is 0 Å². The van der Waals surface area contributed by atoms with Crippen molar-refractivity contribution in [3.05, 3.63) is 24.0 Å². The molecule has 0 bridgehead atoms. The zero-order valence-corrected chi connectivity index (χ0v) is 13.3. The molecule has 1 aliphatic rings. The van der Waals surface area contributed by atoms with Gasteiger partial charge in [-0.3, -0.25) is 10.1 Å². The van der Waals surface area contributed by atoms with E-state index in [4.69, 9.17) is 0 Å². The van der Waals surface area contributed by atoms with Crippen molar-refractivity contribution in [1.82, 2.24) is 14.9 Å². The summed E-state index contributed by atoms with van der Waals surface area (Å²) in [4.78, 5) is 16.7. The van der Waals surface area contributed by atoms with E-state index in [0.29, 0.717) is 6.04 Å². The number of rotatable bonds is 3. The van der Waals surface area contributed by atoms with Gasteiger partial charge in [0.1, 0.15) is 5.82 Å². The van der Waals surface area contributed by atoms with Crippen molar-refractivity contribution in [2.45, 2.75) is 32.9 Å². The van der Waals surface area contributed by atoms with Crippen molar-refractivity contribution >= 4 is 34.4 Å². The Kier molecular flexibility index (Phi) is 3.91. The Morgan fingerprint density at radius 2 is 2.33 bits per heavy atom. The lowest BCUT2D eigenvalue weighted by atomic mass is 10.2. The molecular formula is C15H20N4OS. The predicted octanol–water partition coefficient (Wildman–Crippen LogP) is 2.53. The SMILES string of the molecule is Cc1nc2cc(NC(=O)C3CSCN3)ccc2n1C(C)C. The highest BCUT2D eigenvalue weighted by Crippen LogP contribution is 2.24. The van der Waals surface area contributed by atoms with E-state index in [9.17, 15) is 4.79 Å². The Morgan fingerprint density at radius 3 is 3.00 bits per heavy atom. The summed E-state index contributed by atoms with van der Waals surface area (Å²) in [6, 6.07) is 6.20. The molecule has 0 spiro atoms. The standard InChI is InChI=1S/C15H20N4OS/c1-9(2)19-10(3)17-12-6-11(4-5-14(12)19)18-15(20)13-7-21-8-16-13/h4-6,9,13,16H,7-8H2,1-3H3,(H,18,20). The van der Waals surface area contributed by atoms with Crippen LogP contribution in [0.2, 0.25) is 0 Å². The van der Waals surface area contributed by atoms with Crippen LogP contribution in [0, 0.1) is 6.92 Å². The highest BCUT2D eigenvalue weighted by Gasteiger charge is 2.22.